The Kier molecular flexibility index (Phi) is 8.10. The predicted molar refractivity (Wildman–Crippen MR) is 109 cm³/mol. The highest BCUT2D eigenvalue weighted by Crippen LogP contribution is 2.18. The fourth-order valence-corrected chi connectivity index (χ4v) is 2.75. The van der Waals surface area contributed by atoms with E-state index in [1.165, 1.54) is 0 Å². The van der Waals surface area contributed by atoms with Gasteiger partial charge in [-0.3, -0.25) is 0 Å². The van der Waals surface area contributed by atoms with Gasteiger partial charge in [-0.25, -0.2) is 0 Å². The molecular formula is C20H23Cl2N3O2. The number of halogens is 2. The molecule has 0 spiro atoms. The van der Waals surface area contributed by atoms with Gasteiger partial charge in [0.15, 0.2) is 5.82 Å². The van der Waals surface area contributed by atoms with E-state index in [1.54, 1.807) is 0 Å². The molecule has 1 aromatic heterocycles. The molecule has 7 heteroatoms. The minimum Gasteiger partial charge on any atom is -0.489 e. The third kappa shape index (κ3) is 6.54. The van der Waals surface area contributed by atoms with E-state index in [0.717, 1.165) is 29.1 Å². The van der Waals surface area contributed by atoms with Gasteiger partial charge in [0.25, 0.3) is 0 Å². The van der Waals surface area contributed by atoms with Crippen LogP contribution in [0.4, 0.5) is 0 Å². The topological polar surface area (TPSA) is 60.2 Å². The van der Waals surface area contributed by atoms with Gasteiger partial charge in [-0.1, -0.05) is 41.0 Å². The lowest BCUT2D eigenvalue weighted by Gasteiger charge is -2.08. The smallest absolute Gasteiger partial charge is 0.231 e. The second-order valence-corrected chi connectivity index (χ2v) is 6.68. The number of nitrogens with one attached hydrogen (secondary N) is 1. The van der Waals surface area contributed by atoms with Crippen LogP contribution in [0.15, 0.2) is 53.1 Å². The maximum absolute atomic E-state index is 6.00. The highest BCUT2D eigenvalue weighted by atomic mass is 35.5. The summed E-state index contributed by atoms with van der Waals surface area (Å²) in [5.41, 5.74) is 2.09. The minimum absolute atomic E-state index is 0. The predicted octanol–water partition coefficient (Wildman–Crippen LogP) is 4.47. The second-order valence-electron chi connectivity index (χ2n) is 6.24. The summed E-state index contributed by atoms with van der Waals surface area (Å²) in [5, 5.41) is 7.91. The van der Waals surface area contributed by atoms with Crippen molar-refractivity contribution in [3.8, 4) is 5.75 Å². The molecule has 1 unspecified atom stereocenters. The molecule has 1 heterocycles. The van der Waals surface area contributed by atoms with E-state index in [1.807, 2.05) is 55.6 Å². The van der Waals surface area contributed by atoms with E-state index < -0.39 is 0 Å². The van der Waals surface area contributed by atoms with Crippen molar-refractivity contribution in [1.82, 2.24) is 15.5 Å². The van der Waals surface area contributed by atoms with Crippen LogP contribution in [0, 0.1) is 0 Å². The Balaban J connectivity index is 0.00000261. The zero-order valence-electron chi connectivity index (χ0n) is 15.3. The summed E-state index contributed by atoms with van der Waals surface area (Å²) in [6.07, 6.45) is 1.32. The van der Waals surface area contributed by atoms with E-state index in [9.17, 15) is 0 Å². The number of hydrogen-bond donors (Lipinski definition) is 1. The molecule has 5 nitrogen and oxygen atoms in total. The van der Waals surface area contributed by atoms with Crippen LogP contribution in [0.5, 0.6) is 5.75 Å². The van der Waals surface area contributed by atoms with Crippen molar-refractivity contribution in [1.29, 1.82) is 0 Å². The standard InChI is InChI=1S/C20H22ClN3O2.ClH/c1-14(22-2)9-19-23-20(26-24-19)12-15-5-4-8-18(11-15)25-13-16-6-3-7-17(21)10-16;/h3-8,10-11,14,22H,9,12-13H2,1-2H3;1H. The average molecular weight is 408 g/mol. The summed E-state index contributed by atoms with van der Waals surface area (Å²) in [6, 6.07) is 15.9. The third-order valence-electron chi connectivity index (χ3n) is 4.04. The summed E-state index contributed by atoms with van der Waals surface area (Å²) < 4.78 is 11.2. The molecule has 1 N–H and O–H groups in total. The van der Waals surface area contributed by atoms with Crippen molar-refractivity contribution < 1.29 is 9.26 Å². The van der Waals surface area contributed by atoms with Crippen LogP contribution < -0.4 is 10.1 Å². The van der Waals surface area contributed by atoms with Crippen LogP contribution in [-0.2, 0) is 19.4 Å². The van der Waals surface area contributed by atoms with Crippen molar-refractivity contribution >= 4 is 24.0 Å². The van der Waals surface area contributed by atoms with Gasteiger partial charge in [0.05, 0.1) is 6.42 Å². The highest BCUT2D eigenvalue weighted by Gasteiger charge is 2.10. The largest absolute Gasteiger partial charge is 0.489 e. The Morgan fingerprint density at radius 2 is 1.93 bits per heavy atom. The molecular weight excluding hydrogens is 385 g/mol. The van der Waals surface area contributed by atoms with Crippen LogP contribution in [0.3, 0.4) is 0 Å². The fraction of sp³-hybridized carbons (Fsp3) is 0.300. The Labute approximate surface area is 170 Å². The first-order chi connectivity index (χ1) is 12.6. The van der Waals surface area contributed by atoms with Gasteiger partial charge >= 0.3 is 0 Å². The summed E-state index contributed by atoms with van der Waals surface area (Å²) in [5.74, 6) is 2.12. The van der Waals surface area contributed by atoms with Gasteiger partial charge in [-0.15, -0.1) is 12.4 Å². The Hall–Kier alpha value is -2.08. The number of nitrogens with zero attached hydrogens (tertiary/aromatic N) is 2. The van der Waals surface area contributed by atoms with E-state index in [2.05, 4.69) is 22.4 Å². The second kappa shape index (κ2) is 10.3. The fourth-order valence-electron chi connectivity index (χ4n) is 2.53. The van der Waals surface area contributed by atoms with Crippen LogP contribution in [0.2, 0.25) is 5.02 Å². The maximum Gasteiger partial charge on any atom is 0.231 e. The van der Waals surface area contributed by atoms with E-state index in [0.29, 0.717) is 30.0 Å². The molecule has 1 atom stereocenters. The first-order valence-corrected chi connectivity index (χ1v) is 8.95. The molecule has 0 aliphatic heterocycles. The molecule has 144 valence electrons. The molecule has 2 aromatic carbocycles. The van der Waals surface area contributed by atoms with Gasteiger partial charge in [0.2, 0.25) is 5.89 Å². The van der Waals surface area contributed by atoms with Crippen LogP contribution >= 0.6 is 24.0 Å². The van der Waals surface area contributed by atoms with E-state index in [4.69, 9.17) is 20.9 Å². The van der Waals surface area contributed by atoms with Crippen molar-refractivity contribution in [3.63, 3.8) is 0 Å². The molecule has 3 aromatic rings. The molecule has 0 aliphatic rings. The highest BCUT2D eigenvalue weighted by molar-refractivity contribution is 6.30. The van der Waals surface area contributed by atoms with Gasteiger partial charge < -0.3 is 14.6 Å². The van der Waals surface area contributed by atoms with Crippen LogP contribution in [-0.4, -0.2) is 23.2 Å². The zero-order chi connectivity index (χ0) is 18.4. The molecule has 27 heavy (non-hydrogen) atoms. The molecule has 0 bridgehead atoms. The molecule has 0 saturated carbocycles. The number of benzene rings is 2. The van der Waals surface area contributed by atoms with Crippen LogP contribution in [0.25, 0.3) is 0 Å². The van der Waals surface area contributed by atoms with Gasteiger partial charge in [-0.05, 0) is 49.4 Å². The number of likely N-dealkylation sites (N-methyl/N-ethyl adjacent to an activating group) is 1. The lowest BCUT2D eigenvalue weighted by Crippen LogP contribution is -2.24. The summed E-state index contributed by atoms with van der Waals surface area (Å²) >= 11 is 6.00. The quantitative estimate of drug-likeness (QED) is 0.596. The van der Waals surface area contributed by atoms with Gasteiger partial charge in [-0.2, -0.15) is 4.98 Å². The molecule has 0 saturated heterocycles. The van der Waals surface area contributed by atoms with Gasteiger partial charge in [0, 0.05) is 17.5 Å². The number of hydrogen-bond acceptors (Lipinski definition) is 5. The number of aromatic nitrogens is 2. The number of rotatable bonds is 8. The van der Waals surface area contributed by atoms with Crippen molar-refractivity contribution in [2.75, 3.05) is 7.05 Å². The molecule has 0 radical (unpaired) electrons. The first-order valence-electron chi connectivity index (χ1n) is 8.57. The zero-order valence-corrected chi connectivity index (χ0v) is 16.9. The van der Waals surface area contributed by atoms with Crippen molar-refractivity contribution in [3.05, 3.63) is 76.4 Å². The summed E-state index contributed by atoms with van der Waals surface area (Å²) in [6.45, 7) is 2.55. The maximum atomic E-state index is 6.00. The molecule has 0 fully saturated rings. The average Bonchev–Trinajstić information content (AvgIpc) is 3.07. The third-order valence-corrected chi connectivity index (χ3v) is 4.28. The molecule has 0 amide bonds. The van der Waals surface area contributed by atoms with Crippen molar-refractivity contribution in [2.45, 2.75) is 32.4 Å². The monoisotopic (exact) mass is 407 g/mol. The van der Waals surface area contributed by atoms with E-state index in [-0.39, 0.29) is 12.4 Å². The molecule has 0 aliphatic carbocycles. The van der Waals surface area contributed by atoms with Gasteiger partial charge in [0.1, 0.15) is 12.4 Å². The number of ether oxygens (including phenoxy) is 1. The Bertz CT molecular complexity index is 855. The Morgan fingerprint density at radius 1 is 1.15 bits per heavy atom. The van der Waals surface area contributed by atoms with E-state index >= 15 is 0 Å². The summed E-state index contributed by atoms with van der Waals surface area (Å²) in [7, 11) is 1.92. The summed E-state index contributed by atoms with van der Waals surface area (Å²) in [4.78, 5) is 4.45. The first kappa shape index (κ1) is 21.2. The normalized spacial score (nSPS) is 11.7. The molecule has 3 rings (SSSR count). The lowest BCUT2D eigenvalue weighted by molar-refractivity contribution is 0.306. The van der Waals surface area contributed by atoms with Crippen molar-refractivity contribution in [2.24, 2.45) is 0 Å². The Morgan fingerprint density at radius 3 is 2.70 bits per heavy atom. The van der Waals surface area contributed by atoms with Crippen LogP contribution in [0.1, 0.15) is 29.8 Å². The SMILES string of the molecule is CNC(C)Cc1noc(Cc2cccc(OCc3cccc(Cl)c3)c2)n1.Cl. The lowest BCUT2D eigenvalue weighted by atomic mass is 10.1. The minimum atomic E-state index is 0.